The van der Waals surface area contributed by atoms with Gasteiger partial charge in [-0.3, -0.25) is 4.79 Å². The van der Waals surface area contributed by atoms with E-state index in [1.165, 1.54) is 0 Å². The molecule has 0 saturated carbocycles. The third-order valence-electron chi connectivity index (χ3n) is 3.08. The van der Waals surface area contributed by atoms with Crippen molar-refractivity contribution in [2.75, 3.05) is 5.32 Å². The van der Waals surface area contributed by atoms with Crippen molar-refractivity contribution in [2.45, 2.75) is 13.3 Å². The van der Waals surface area contributed by atoms with E-state index in [0.29, 0.717) is 5.56 Å². The Hall–Kier alpha value is -2.69. The van der Waals surface area contributed by atoms with Gasteiger partial charge in [-0.05, 0) is 42.3 Å². The van der Waals surface area contributed by atoms with Crippen LogP contribution in [-0.2, 0) is 6.42 Å². The second-order valence-electron chi connectivity index (χ2n) is 4.50. The predicted molar refractivity (Wildman–Crippen MR) is 77.1 cm³/mol. The highest BCUT2D eigenvalue weighted by Gasteiger charge is 2.14. The molecule has 0 aliphatic carbocycles. The SMILES string of the molecule is CCc1ccc(C(=O)Nc2cc(F)ccc2C(=O)O)cc1. The summed E-state index contributed by atoms with van der Waals surface area (Å²) in [4.78, 5) is 23.1. The monoisotopic (exact) mass is 287 g/mol. The average molecular weight is 287 g/mol. The summed E-state index contributed by atoms with van der Waals surface area (Å²) in [5.74, 6) is -2.32. The van der Waals surface area contributed by atoms with Gasteiger partial charge in [-0.1, -0.05) is 19.1 Å². The number of benzene rings is 2. The molecule has 2 aromatic carbocycles. The molecule has 0 bridgehead atoms. The zero-order valence-corrected chi connectivity index (χ0v) is 11.4. The Kier molecular flexibility index (Phi) is 4.33. The summed E-state index contributed by atoms with van der Waals surface area (Å²) in [5, 5.41) is 11.5. The maximum atomic E-state index is 13.2. The summed E-state index contributed by atoms with van der Waals surface area (Å²) >= 11 is 0. The smallest absolute Gasteiger partial charge is 0.337 e. The number of carbonyl (C=O) groups excluding carboxylic acids is 1. The van der Waals surface area contributed by atoms with Gasteiger partial charge in [0.05, 0.1) is 11.3 Å². The van der Waals surface area contributed by atoms with Gasteiger partial charge >= 0.3 is 5.97 Å². The largest absolute Gasteiger partial charge is 0.478 e. The summed E-state index contributed by atoms with van der Waals surface area (Å²) < 4.78 is 13.2. The standard InChI is InChI=1S/C16H14FNO3/c1-2-10-3-5-11(6-4-10)15(19)18-14-9-12(17)7-8-13(14)16(20)21/h3-9H,2H2,1H3,(H,18,19)(H,20,21). The Morgan fingerprint density at radius 3 is 2.38 bits per heavy atom. The lowest BCUT2D eigenvalue weighted by atomic mass is 10.1. The number of hydrogen-bond donors (Lipinski definition) is 2. The van der Waals surface area contributed by atoms with E-state index in [9.17, 15) is 14.0 Å². The summed E-state index contributed by atoms with van der Waals surface area (Å²) in [6.45, 7) is 2.00. The van der Waals surface area contributed by atoms with Crippen LogP contribution in [0.3, 0.4) is 0 Å². The van der Waals surface area contributed by atoms with Crippen molar-refractivity contribution >= 4 is 17.6 Å². The first-order valence-electron chi connectivity index (χ1n) is 6.44. The van der Waals surface area contributed by atoms with Crippen LogP contribution in [0.1, 0.15) is 33.2 Å². The highest BCUT2D eigenvalue weighted by molar-refractivity contribution is 6.07. The fraction of sp³-hybridized carbons (Fsp3) is 0.125. The van der Waals surface area contributed by atoms with Crippen molar-refractivity contribution < 1.29 is 19.1 Å². The third-order valence-corrected chi connectivity index (χ3v) is 3.08. The predicted octanol–water partition coefficient (Wildman–Crippen LogP) is 3.34. The van der Waals surface area contributed by atoms with Crippen LogP contribution in [-0.4, -0.2) is 17.0 Å². The zero-order chi connectivity index (χ0) is 15.4. The summed E-state index contributed by atoms with van der Waals surface area (Å²) in [6, 6.07) is 10.1. The van der Waals surface area contributed by atoms with Crippen molar-refractivity contribution in [3.8, 4) is 0 Å². The molecule has 21 heavy (non-hydrogen) atoms. The maximum absolute atomic E-state index is 13.2. The summed E-state index contributed by atoms with van der Waals surface area (Å²) in [7, 11) is 0. The van der Waals surface area contributed by atoms with E-state index in [1.54, 1.807) is 12.1 Å². The van der Waals surface area contributed by atoms with E-state index in [-0.39, 0.29) is 11.3 Å². The molecule has 2 rings (SSSR count). The molecule has 0 heterocycles. The number of aryl methyl sites for hydroxylation is 1. The Bertz CT molecular complexity index is 680. The molecule has 108 valence electrons. The van der Waals surface area contributed by atoms with Crippen LogP contribution in [0, 0.1) is 5.82 Å². The van der Waals surface area contributed by atoms with E-state index in [1.807, 2.05) is 19.1 Å². The minimum atomic E-state index is -1.23. The number of hydrogen-bond acceptors (Lipinski definition) is 2. The minimum Gasteiger partial charge on any atom is -0.478 e. The normalized spacial score (nSPS) is 10.2. The number of amides is 1. The highest BCUT2D eigenvalue weighted by atomic mass is 19.1. The van der Waals surface area contributed by atoms with Crippen LogP contribution in [0.15, 0.2) is 42.5 Å². The molecule has 0 aliphatic rings. The molecule has 2 aromatic rings. The fourth-order valence-electron chi connectivity index (χ4n) is 1.89. The molecule has 0 saturated heterocycles. The lowest BCUT2D eigenvalue weighted by molar-refractivity contribution is 0.0698. The van der Waals surface area contributed by atoms with Gasteiger partial charge in [0.15, 0.2) is 0 Å². The highest BCUT2D eigenvalue weighted by Crippen LogP contribution is 2.18. The Morgan fingerprint density at radius 2 is 1.81 bits per heavy atom. The van der Waals surface area contributed by atoms with Crippen molar-refractivity contribution in [3.63, 3.8) is 0 Å². The number of nitrogens with one attached hydrogen (secondary N) is 1. The molecule has 0 spiro atoms. The Labute approximate surface area is 121 Å². The molecule has 0 radical (unpaired) electrons. The van der Waals surface area contributed by atoms with Gasteiger partial charge in [-0.15, -0.1) is 0 Å². The summed E-state index contributed by atoms with van der Waals surface area (Å²) in [6.07, 6.45) is 0.856. The topological polar surface area (TPSA) is 66.4 Å². The van der Waals surface area contributed by atoms with Crippen LogP contribution in [0.25, 0.3) is 0 Å². The molecule has 0 fully saturated rings. The van der Waals surface area contributed by atoms with E-state index >= 15 is 0 Å². The number of halogens is 1. The maximum Gasteiger partial charge on any atom is 0.337 e. The van der Waals surface area contributed by atoms with Gasteiger partial charge in [-0.2, -0.15) is 0 Å². The van der Waals surface area contributed by atoms with Gasteiger partial charge < -0.3 is 10.4 Å². The first kappa shape index (κ1) is 14.7. The van der Waals surface area contributed by atoms with Crippen LogP contribution in [0.5, 0.6) is 0 Å². The van der Waals surface area contributed by atoms with Crippen LogP contribution >= 0.6 is 0 Å². The first-order valence-corrected chi connectivity index (χ1v) is 6.44. The number of carbonyl (C=O) groups is 2. The zero-order valence-electron chi connectivity index (χ0n) is 11.4. The molecule has 0 unspecified atom stereocenters. The quantitative estimate of drug-likeness (QED) is 0.906. The Balaban J connectivity index is 2.26. The number of rotatable bonds is 4. The summed E-state index contributed by atoms with van der Waals surface area (Å²) in [5.41, 5.74) is 1.25. The van der Waals surface area contributed by atoms with Gasteiger partial charge in [0.1, 0.15) is 5.82 Å². The van der Waals surface area contributed by atoms with Gasteiger partial charge in [-0.25, -0.2) is 9.18 Å². The molecular formula is C16H14FNO3. The second-order valence-corrected chi connectivity index (χ2v) is 4.50. The van der Waals surface area contributed by atoms with Crippen LogP contribution in [0.4, 0.5) is 10.1 Å². The van der Waals surface area contributed by atoms with Crippen molar-refractivity contribution in [3.05, 3.63) is 65.0 Å². The molecule has 4 nitrogen and oxygen atoms in total. The molecule has 0 atom stereocenters. The number of aromatic carboxylic acids is 1. The fourth-order valence-corrected chi connectivity index (χ4v) is 1.89. The van der Waals surface area contributed by atoms with Crippen LogP contribution in [0.2, 0.25) is 0 Å². The average Bonchev–Trinajstić information content (AvgIpc) is 2.47. The third kappa shape index (κ3) is 3.45. The van der Waals surface area contributed by atoms with E-state index in [4.69, 9.17) is 5.11 Å². The van der Waals surface area contributed by atoms with E-state index < -0.39 is 17.7 Å². The molecule has 2 N–H and O–H groups in total. The second kappa shape index (κ2) is 6.17. The van der Waals surface area contributed by atoms with Crippen molar-refractivity contribution in [1.29, 1.82) is 0 Å². The Morgan fingerprint density at radius 1 is 1.14 bits per heavy atom. The van der Waals surface area contributed by atoms with E-state index in [2.05, 4.69) is 5.32 Å². The minimum absolute atomic E-state index is 0.0629. The van der Waals surface area contributed by atoms with Gasteiger partial charge in [0, 0.05) is 5.56 Å². The van der Waals surface area contributed by atoms with Gasteiger partial charge in [0.25, 0.3) is 5.91 Å². The molecular weight excluding hydrogens is 273 g/mol. The van der Waals surface area contributed by atoms with Crippen molar-refractivity contribution in [2.24, 2.45) is 0 Å². The number of carboxylic acid groups (broad SMARTS) is 1. The lowest BCUT2D eigenvalue weighted by Crippen LogP contribution is -2.15. The molecule has 0 aliphatic heterocycles. The first-order chi connectivity index (χ1) is 10.0. The molecule has 5 heteroatoms. The number of anilines is 1. The molecule has 1 amide bonds. The number of carboxylic acids is 1. The lowest BCUT2D eigenvalue weighted by Gasteiger charge is -2.09. The van der Waals surface area contributed by atoms with E-state index in [0.717, 1.165) is 30.2 Å². The molecule has 0 aromatic heterocycles. The van der Waals surface area contributed by atoms with Crippen LogP contribution < -0.4 is 5.32 Å². The van der Waals surface area contributed by atoms with Crippen molar-refractivity contribution in [1.82, 2.24) is 0 Å². The van der Waals surface area contributed by atoms with Gasteiger partial charge in [0.2, 0.25) is 0 Å².